The highest BCUT2D eigenvalue weighted by Crippen LogP contribution is 2.18. The van der Waals surface area contributed by atoms with Crippen LogP contribution in [0.2, 0.25) is 0 Å². The summed E-state index contributed by atoms with van der Waals surface area (Å²) in [5.74, 6) is 1.34. The minimum absolute atomic E-state index is 0.350. The van der Waals surface area contributed by atoms with E-state index in [1.54, 1.807) is 0 Å². The fraction of sp³-hybridized carbons (Fsp3) is 1.00. The molecule has 2 unspecified atom stereocenters. The second-order valence-corrected chi connectivity index (χ2v) is 6.16. The van der Waals surface area contributed by atoms with Gasteiger partial charge >= 0.3 is 10.4 Å². The second kappa shape index (κ2) is 12.8. The minimum Gasteiger partial charge on any atom is -0.396 e. The maximum Gasteiger partial charge on any atom is 0.394 e. The molecule has 0 aliphatic rings. The average molecular weight is 298 g/mol. The van der Waals surface area contributed by atoms with E-state index < -0.39 is 10.4 Å². The van der Waals surface area contributed by atoms with Gasteiger partial charge in [-0.2, -0.15) is 8.42 Å². The van der Waals surface area contributed by atoms with Gasteiger partial charge in [0, 0.05) is 6.61 Å². The number of rotatable bonds is 9. The molecule has 0 bridgehead atoms. The van der Waals surface area contributed by atoms with E-state index in [2.05, 4.69) is 20.8 Å². The first-order valence-corrected chi connectivity index (χ1v) is 8.41. The summed E-state index contributed by atoms with van der Waals surface area (Å²) in [5.41, 5.74) is 0. The molecule has 0 saturated carbocycles. The summed E-state index contributed by atoms with van der Waals surface area (Å²) < 4.78 is 31.6. The van der Waals surface area contributed by atoms with Gasteiger partial charge in [0.15, 0.2) is 0 Å². The molecule has 3 N–H and O–H groups in total. The SMILES string of the molecule is CCCCCCC(C)CCC(C)CO.O=S(=O)(O)O. The van der Waals surface area contributed by atoms with Gasteiger partial charge in [-0.15, -0.1) is 0 Å². The Morgan fingerprint density at radius 3 is 1.79 bits per heavy atom. The normalized spacial score (nSPS) is 14.4. The molecule has 6 heteroatoms. The summed E-state index contributed by atoms with van der Waals surface area (Å²) in [7, 11) is -4.67. The fourth-order valence-corrected chi connectivity index (χ4v) is 1.72. The summed E-state index contributed by atoms with van der Waals surface area (Å²) in [6.45, 7) is 7.08. The first-order chi connectivity index (χ1) is 8.70. The van der Waals surface area contributed by atoms with Crippen molar-refractivity contribution in [2.24, 2.45) is 11.8 Å². The number of unbranched alkanes of at least 4 members (excludes halogenated alkanes) is 3. The Bertz CT molecular complexity index is 269. The highest BCUT2D eigenvalue weighted by atomic mass is 32.3. The Hall–Kier alpha value is -0.170. The third kappa shape index (κ3) is 27.1. The van der Waals surface area contributed by atoms with Crippen LogP contribution >= 0.6 is 0 Å². The van der Waals surface area contributed by atoms with Crippen molar-refractivity contribution in [3.05, 3.63) is 0 Å². The average Bonchev–Trinajstić information content (AvgIpc) is 2.29. The van der Waals surface area contributed by atoms with Crippen LogP contribution in [0.15, 0.2) is 0 Å². The molecule has 0 spiro atoms. The van der Waals surface area contributed by atoms with Crippen molar-refractivity contribution in [3.63, 3.8) is 0 Å². The Labute approximate surface area is 118 Å². The molecular formula is C13H30O5S. The molecule has 0 heterocycles. The van der Waals surface area contributed by atoms with Crippen LogP contribution in [0.4, 0.5) is 0 Å². The Balaban J connectivity index is 0. The molecule has 0 aromatic rings. The predicted octanol–water partition coefficient (Wildman–Crippen LogP) is 3.35. The quantitative estimate of drug-likeness (QED) is 0.448. The molecule has 19 heavy (non-hydrogen) atoms. The molecule has 0 rings (SSSR count). The molecule has 0 aliphatic heterocycles. The van der Waals surface area contributed by atoms with Crippen molar-refractivity contribution in [1.29, 1.82) is 0 Å². The van der Waals surface area contributed by atoms with Crippen LogP contribution in [0.3, 0.4) is 0 Å². The van der Waals surface area contributed by atoms with Crippen molar-refractivity contribution >= 4 is 10.4 Å². The van der Waals surface area contributed by atoms with Crippen LogP contribution in [-0.4, -0.2) is 29.2 Å². The van der Waals surface area contributed by atoms with E-state index in [0.717, 1.165) is 5.92 Å². The largest absolute Gasteiger partial charge is 0.396 e. The minimum atomic E-state index is -4.67. The molecule has 0 aliphatic carbocycles. The molecule has 5 nitrogen and oxygen atoms in total. The zero-order valence-electron chi connectivity index (χ0n) is 12.4. The van der Waals surface area contributed by atoms with Gasteiger partial charge in [0.1, 0.15) is 0 Å². The van der Waals surface area contributed by atoms with Gasteiger partial charge in [-0.3, -0.25) is 9.11 Å². The highest BCUT2D eigenvalue weighted by molar-refractivity contribution is 7.79. The topological polar surface area (TPSA) is 94.8 Å². The molecular weight excluding hydrogens is 268 g/mol. The van der Waals surface area contributed by atoms with Crippen molar-refractivity contribution in [3.8, 4) is 0 Å². The molecule has 0 saturated heterocycles. The van der Waals surface area contributed by atoms with E-state index in [4.69, 9.17) is 22.6 Å². The Morgan fingerprint density at radius 2 is 1.37 bits per heavy atom. The maximum absolute atomic E-state index is 8.89. The maximum atomic E-state index is 8.89. The van der Waals surface area contributed by atoms with Crippen molar-refractivity contribution in [2.75, 3.05) is 6.61 Å². The van der Waals surface area contributed by atoms with Gasteiger partial charge in [-0.25, -0.2) is 0 Å². The molecule has 118 valence electrons. The summed E-state index contributed by atoms with van der Waals surface area (Å²) in [6, 6.07) is 0. The molecule has 0 aromatic heterocycles. The van der Waals surface area contributed by atoms with E-state index in [9.17, 15) is 0 Å². The van der Waals surface area contributed by atoms with Gasteiger partial charge in [0.2, 0.25) is 0 Å². The summed E-state index contributed by atoms with van der Waals surface area (Å²) >= 11 is 0. The van der Waals surface area contributed by atoms with Gasteiger partial charge < -0.3 is 5.11 Å². The number of aliphatic hydroxyl groups excluding tert-OH is 1. The summed E-state index contributed by atoms with van der Waals surface area (Å²) in [4.78, 5) is 0. The van der Waals surface area contributed by atoms with Gasteiger partial charge in [0.05, 0.1) is 0 Å². The van der Waals surface area contributed by atoms with Gasteiger partial charge in [0.25, 0.3) is 0 Å². The third-order valence-corrected chi connectivity index (χ3v) is 3.01. The standard InChI is InChI=1S/C13H28O.H2O4S/c1-4-5-6-7-8-12(2)9-10-13(3)11-14;1-5(2,3)4/h12-14H,4-11H2,1-3H3;(H2,1,2,3,4). The number of hydrogen-bond acceptors (Lipinski definition) is 3. The third-order valence-electron chi connectivity index (χ3n) is 3.01. The van der Waals surface area contributed by atoms with Gasteiger partial charge in [-0.1, -0.05) is 59.3 Å². The lowest BCUT2D eigenvalue weighted by atomic mass is 9.94. The second-order valence-electron chi connectivity index (χ2n) is 5.27. The monoisotopic (exact) mass is 298 g/mol. The van der Waals surface area contributed by atoms with E-state index in [-0.39, 0.29) is 0 Å². The van der Waals surface area contributed by atoms with E-state index >= 15 is 0 Å². The Morgan fingerprint density at radius 1 is 0.895 bits per heavy atom. The van der Waals surface area contributed by atoms with Crippen molar-refractivity contribution in [2.45, 2.75) is 65.7 Å². The Kier molecular flexibility index (Phi) is 14.3. The van der Waals surface area contributed by atoms with Crippen LogP contribution in [0.5, 0.6) is 0 Å². The zero-order chi connectivity index (χ0) is 15.3. The molecule has 0 aromatic carbocycles. The van der Waals surface area contributed by atoms with Gasteiger partial charge in [-0.05, 0) is 18.3 Å². The van der Waals surface area contributed by atoms with Crippen LogP contribution in [-0.2, 0) is 10.4 Å². The highest BCUT2D eigenvalue weighted by Gasteiger charge is 2.05. The van der Waals surface area contributed by atoms with E-state index in [1.165, 1.54) is 44.9 Å². The van der Waals surface area contributed by atoms with Crippen molar-refractivity contribution in [1.82, 2.24) is 0 Å². The van der Waals surface area contributed by atoms with Crippen LogP contribution < -0.4 is 0 Å². The van der Waals surface area contributed by atoms with E-state index in [0.29, 0.717) is 12.5 Å². The molecule has 0 radical (unpaired) electrons. The molecule has 0 fully saturated rings. The first-order valence-electron chi connectivity index (χ1n) is 7.01. The first kappa shape index (κ1) is 21.1. The van der Waals surface area contributed by atoms with Crippen LogP contribution in [0.25, 0.3) is 0 Å². The molecule has 0 amide bonds. The van der Waals surface area contributed by atoms with Crippen LogP contribution in [0, 0.1) is 11.8 Å². The summed E-state index contributed by atoms with van der Waals surface area (Å²) in [5, 5.41) is 8.89. The lowest BCUT2D eigenvalue weighted by molar-refractivity contribution is 0.221. The summed E-state index contributed by atoms with van der Waals surface area (Å²) in [6.07, 6.45) is 9.35. The van der Waals surface area contributed by atoms with Crippen molar-refractivity contribution < 1.29 is 22.6 Å². The number of aliphatic hydroxyl groups is 1. The molecule has 2 atom stereocenters. The fourth-order valence-electron chi connectivity index (χ4n) is 1.72. The number of hydrogen-bond donors (Lipinski definition) is 3. The van der Waals surface area contributed by atoms with Crippen LogP contribution in [0.1, 0.15) is 65.7 Å². The lowest BCUT2D eigenvalue weighted by Gasteiger charge is -2.13. The zero-order valence-corrected chi connectivity index (χ0v) is 13.2. The smallest absolute Gasteiger partial charge is 0.394 e. The van der Waals surface area contributed by atoms with E-state index in [1.807, 2.05) is 0 Å². The lowest BCUT2D eigenvalue weighted by Crippen LogP contribution is -2.04. The predicted molar refractivity (Wildman–Crippen MR) is 77.6 cm³/mol.